The Morgan fingerprint density at radius 2 is 1.42 bits per heavy atom. The molecule has 0 radical (unpaired) electrons. The third-order valence-electron chi connectivity index (χ3n) is 8.14. The van der Waals surface area contributed by atoms with Crippen molar-refractivity contribution in [2.75, 3.05) is 0 Å². The second kappa shape index (κ2) is 8.66. The summed E-state index contributed by atoms with van der Waals surface area (Å²) in [4.78, 5) is 0. The minimum absolute atomic E-state index is 0.187. The molecule has 0 N–H and O–H groups in total. The number of hydrogen-bond acceptors (Lipinski definition) is 0. The van der Waals surface area contributed by atoms with Gasteiger partial charge in [-0.3, -0.25) is 0 Å². The van der Waals surface area contributed by atoms with Gasteiger partial charge in [0, 0.05) is 52.7 Å². The molecule has 0 fully saturated rings. The molecule has 4 aromatic rings. The van der Waals surface area contributed by atoms with Crippen LogP contribution in [0.2, 0.25) is 0 Å². The van der Waals surface area contributed by atoms with Crippen LogP contribution < -0.4 is 0 Å². The molecule has 2 aromatic heterocycles. The summed E-state index contributed by atoms with van der Waals surface area (Å²) in [6, 6.07) is 16.4. The van der Waals surface area contributed by atoms with Crippen LogP contribution in [0.15, 0.2) is 48.5 Å². The highest BCUT2D eigenvalue weighted by Gasteiger charge is 2.28. The Balaban J connectivity index is 1.69. The van der Waals surface area contributed by atoms with E-state index in [-0.39, 0.29) is 11.2 Å². The molecule has 0 spiro atoms. The topological polar surface area (TPSA) is 9.86 Å². The lowest BCUT2D eigenvalue weighted by molar-refractivity contribution is 0.369. The van der Waals surface area contributed by atoms with Crippen LogP contribution in [-0.4, -0.2) is 9.13 Å². The second-order valence-corrected chi connectivity index (χ2v) is 11.0. The first kappa shape index (κ1) is 23.6. The molecular weight excluding hydrogens is 407 g/mol. The molecule has 2 atom stereocenters. The third kappa shape index (κ3) is 4.23. The Hall–Kier alpha value is -2.55. The van der Waals surface area contributed by atoms with E-state index in [9.17, 15) is 4.39 Å². The molecule has 176 valence electrons. The van der Waals surface area contributed by atoms with Gasteiger partial charge in [0.25, 0.3) is 0 Å². The number of aromatic nitrogens is 2. The maximum absolute atomic E-state index is 13.8. The molecule has 2 heterocycles. The van der Waals surface area contributed by atoms with Crippen LogP contribution in [0, 0.1) is 17.7 Å². The standard InChI is InChI=1S/C30H39FN2/c1-19(2)20(3)9-10-21(4)28-17-22-15-24(11-13-26(22)32(28)7)30(5,6)29-18-23-16-25(31)12-14-27(23)33(29)8/h11-21H,9-10H2,1-8H3/t20?,21-/m1/s1. The minimum atomic E-state index is -0.202. The molecule has 0 aliphatic rings. The summed E-state index contributed by atoms with van der Waals surface area (Å²) in [5.41, 5.74) is 6.02. The molecule has 33 heavy (non-hydrogen) atoms. The molecule has 2 aromatic carbocycles. The van der Waals surface area contributed by atoms with E-state index in [1.54, 1.807) is 12.1 Å². The van der Waals surface area contributed by atoms with Gasteiger partial charge >= 0.3 is 0 Å². The fourth-order valence-electron chi connectivity index (χ4n) is 5.29. The minimum Gasteiger partial charge on any atom is -0.347 e. The van der Waals surface area contributed by atoms with Gasteiger partial charge in [0.05, 0.1) is 0 Å². The van der Waals surface area contributed by atoms with Gasteiger partial charge in [0.15, 0.2) is 0 Å². The summed E-state index contributed by atoms with van der Waals surface area (Å²) in [5, 5.41) is 2.25. The van der Waals surface area contributed by atoms with Gasteiger partial charge in [-0.2, -0.15) is 0 Å². The van der Waals surface area contributed by atoms with Gasteiger partial charge < -0.3 is 9.13 Å². The quantitative estimate of drug-likeness (QED) is 0.270. The number of benzene rings is 2. The van der Waals surface area contributed by atoms with Gasteiger partial charge in [0.1, 0.15) is 5.82 Å². The van der Waals surface area contributed by atoms with Crippen LogP contribution in [0.3, 0.4) is 0 Å². The van der Waals surface area contributed by atoms with Crippen LogP contribution in [0.5, 0.6) is 0 Å². The van der Waals surface area contributed by atoms with E-state index in [0.717, 1.165) is 22.7 Å². The van der Waals surface area contributed by atoms with Crippen molar-refractivity contribution in [1.29, 1.82) is 0 Å². The summed E-state index contributed by atoms with van der Waals surface area (Å²) in [7, 11) is 4.28. The molecular formula is C30H39FN2. The van der Waals surface area contributed by atoms with Crippen LogP contribution in [-0.2, 0) is 19.5 Å². The number of fused-ring (bicyclic) bond motifs is 2. The summed E-state index contributed by atoms with van der Waals surface area (Å²) in [6.45, 7) is 13.9. The summed E-state index contributed by atoms with van der Waals surface area (Å²) in [5.74, 6) is 1.84. The molecule has 0 saturated heterocycles. The lowest BCUT2D eigenvalue weighted by Gasteiger charge is -2.27. The van der Waals surface area contributed by atoms with Crippen molar-refractivity contribution < 1.29 is 4.39 Å². The first-order valence-corrected chi connectivity index (χ1v) is 12.4. The lowest BCUT2D eigenvalue weighted by atomic mass is 9.81. The number of rotatable bonds is 7. The average Bonchev–Trinajstić information content (AvgIpc) is 3.28. The van der Waals surface area contributed by atoms with E-state index in [2.05, 4.69) is 95.1 Å². The van der Waals surface area contributed by atoms with E-state index >= 15 is 0 Å². The van der Waals surface area contributed by atoms with Gasteiger partial charge in [-0.15, -0.1) is 0 Å². The molecule has 0 saturated carbocycles. The lowest BCUT2D eigenvalue weighted by Crippen LogP contribution is -2.22. The molecule has 0 bridgehead atoms. The summed E-state index contributed by atoms with van der Waals surface area (Å²) >= 11 is 0. The van der Waals surface area contributed by atoms with Crippen LogP contribution >= 0.6 is 0 Å². The number of halogens is 1. The van der Waals surface area contributed by atoms with Gasteiger partial charge in [-0.05, 0) is 78.6 Å². The zero-order valence-electron chi connectivity index (χ0n) is 21.5. The van der Waals surface area contributed by atoms with E-state index < -0.39 is 0 Å². The maximum atomic E-state index is 13.8. The Morgan fingerprint density at radius 1 is 0.788 bits per heavy atom. The molecule has 0 aliphatic heterocycles. The Labute approximate surface area is 198 Å². The number of nitrogens with zero attached hydrogens (tertiary/aromatic N) is 2. The molecule has 2 nitrogen and oxygen atoms in total. The highest BCUT2D eigenvalue weighted by Crippen LogP contribution is 2.37. The Bertz CT molecular complexity index is 1290. The highest BCUT2D eigenvalue weighted by atomic mass is 19.1. The Morgan fingerprint density at radius 3 is 2.12 bits per heavy atom. The van der Waals surface area contributed by atoms with E-state index in [4.69, 9.17) is 0 Å². The fourth-order valence-corrected chi connectivity index (χ4v) is 5.29. The zero-order chi connectivity index (χ0) is 24.1. The van der Waals surface area contributed by atoms with Gasteiger partial charge in [-0.1, -0.05) is 47.6 Å². The molecule has 4 rings (SSSR count). The van der Waals surface area contributed by atoms with Crippen molar-refractivity contribution in [1.82, 2.24) is 9.13 Å². The first-order chi connectivity index (χ1) is 15.5. The van der Waals surface area contributed by atoms with Crippen molar-refractivity contribution in [3.05, 3.63) is 71.3 Å². The third-order valence-corrected chi connectivity index (χ3v) is 8.14. The molecule has 1 unspecified atom stereocenters. The number of aryl methyl sites for hydroxylation is 2. The van der Waals surface area contributed by atoms with Crippen molar-refractivity contribution in [2.24, 2.45) is 25.9 Å². The number of hydrogen-bond donors (Lipinski definition) is 0. The largest absolute Gasteiger partial charge is 0.347 e. The van der Waals surface area contributed by atoms with Crippen LogP contribution in [0.1, 0.15) is 77.3 Å². The van der Waals surface area contributed by atoms with Crippen molar-refractivity contribution >= 4 is 21.8 Å². The van der Waals surface area contributed by atoms with Gasteiger partial charge in [-0.25, -0.2) is 4.39 Å². The molecule has 3 heteroatoms. The van der Waals surface area contributed by atoms with E-state index in [0.29, 0.717) is 5.92 Å². The molecule has 0 aliphatic carbocycles. The maximum Gasteiger partial charge on any atom is 0.123 e. The van der Waals surface area contributed by atoms with Crippen molar-refractivity contribution in [3.63, 3.8) is 0 Å². The van der Waals surface area contributed by atoms with Crippen molar-refractivity contribution in [3.8, 4) is 0 Å². The van der Waals surface area contributed by atoms with E-state index in [1.165, 1.54) is 40.7 Å². The average molecular weight is 447 g/mol. The Kier molecular flexibility index (Phi) is 6.20. The molecule has 0 amide bonds. The summed E-state index contributed by atoms with van der Waals surface area (Å²) < 4.78 is 18.4. The predicted molar refractivity (Wildman–Crippen MR) is 140 cm³/mol. The summed E-state index contributed by atoms with van der Waals surface area (Å²) in [6.07, 6.45) is 2.48. The first-order valence-electron chi connectivity index (χ1n) is 12.4. The highest BCUT2D eigenvalue weighted by molar-refractivity contribution is 5.84. The second-order valence-electron chi connectivity index (χ2n) is 11.0. The van der Waals surface area contributed by atoms with E-state index in [1.807, 2.05) is 6.07 Å². The van der Waals surface area contributed by atoms with Gasteiger partial charge in [0.2, 0.25) is 0 Å². The van der Waals surface area contributed by atoms with Crippen LogP contribution in [0.4, 0.5) is 4.39 Å². The predicted octanol–water partition coefficient (Wildman–Crippen LogP) is 8.31. The van der Waals surface area contributed by atoms with Crippen LogP contribution in [0.25, 0.3) is 21.8 Å². The fraction of sp³-hybridized carbons (Fsp3) is 0.467. The normalized spacial score (nSPS) is 14.5. The van der Waals surface area contributed by atoms with Crippen molar-refractivity contribution in [2.45, 2.75) is 65.7 Å². The smallest absolute Gasteiger partial charge is 0.123 e. The SMILES string of the molecule is CC(C)C(C)CC[C@@H](C)c1cc2cc(C(C)(C)c3cc4cc(F)ccc4n3C)ccc2n1C. The monoisotopic (exact) mass is 446 g/mol. The zero-order valence-corrected chi connectivity index (χ0v) is 21.5.